The van der Waals surface area contributed by atoms with Crippen molar-refractivity contribution in [3.05, 3.63) is 59.9 Å². The molecule has 0 saturated carbocycles. The first-order valence-corrected chi connectivity index (χ1v) is 5.73. The molecule has 0 radical (unpaired) electrons. The van der Waals surface area contributed by atoms with Crippen LogP contribution < -0.4 is 10.6 Å². The first-order chi connectivity index (χ1) is 9.16. The second-order valence-electron chi connectivity index (χ2n) is 3.92. The molecule has 98 valence electrons. The van der Waals surface area contributed by atoms with Crippen LogP contribution in [0.2, 0.25) is 0 Å². The third-order valence-corrected chi connectivity index (χ3v) is 2.55. The lowest BCUT2D eigenvalue weighted by Crippen LogP contribution is -2.28. The van der Waals surface area contributed by atoms with Crippen molar-refractivity contribution < 1.29 is 14.3 Å². The predicted octanol–water partition coefficient (Wildman–Crippen LogP) is 2.85. The van der Waals surface area contributed by atoms with Gasteiger partial charge in [-0.05, 0) is 18.2 Å². The van der Waals surface area contributed by atoms with Crippen molar-refractivity contribution in [1.29, 1.82) is 0 Å². The van der Waals surface area contributed by atoms with Gasteiger partial charge >= 0.3 is 6.03 Å². The summed E-state index contributed by atoms with van der Waals surface area (Å²) in [7, 11) is 0. The first-order valence-electron chi connectivity index (χ1n) is 5.73. The van der Waals surface area contributed by atoms with Gasteiger partial charge in [0.1, 0.15) is 11.6 Å². The lowest BCUT2D eigenvalue weighted by atomic mass is 10.2. The molecule has 0 aliphatic carbocycles. The Balaban J connectivity index is 1.92. The highest BCUT2D eigenvalue weighted by Gasteiger charge is 2.06. The highest BCUT2D eigenvalue weighted by atomic mass is 19.1. The summed E-state index contributed by atoms with van der Waals surface area (Å²) < 4.78 is 13.3. The summed E-state index contributed by atoms with van der Waals surface area (Å²) >= 11 is 0. The quantitative estimate of drug-likeness (QED) is 0.794. The van der Waals surface area contributed by atoms with Crippen LogP contribution >= 0.6 is 0 Å². The maximum atomic E-state index is 13.3. The van der Waals surface area contributed by atoms with E-state index in [4.69, 9.17) is 0 Å². The van der Waals surface area contributed by atoms with E-state index in [2.05, 4.69) is 10.6 Å². The molecule has 0 bridgehead atoms. The Morgan fingerprint density at radius 3 is 2.53 bits per heavy atom. The number of aromatic hydroxyl groups is 1. The van der Waals surface area contributed by atoms with Gasteiger partial charge in [-0.15, -0.1) is 0 Å². The van der Waals surface area contributed by atoms with E-state index in [0.29, 0.717) is 5.56 Å². The van der Waals surface area contributed by atoms with Crippen LogP contribution in [0.5, 0.6) is 5.75 Å². The average Bonchev–Trinajstić information content (AvgIpc) is 2.40. The van der Waals surface area contributed by atoms with Crippen LogP contribution in [0.3, 0.4) is 0 Å². The van der Waals surface area contributed by atoms with E-state index in [0.717, 1.165) is 0 Å². The summed E-state index contributed by atoms with van der Waals surface area (Å²) in [6.45, 7) is 0.160. The van der Waals surface area contributed by atoms with E-state index >= 15 is 0 Å². The van der Waals surface area contributed by atoms with Crippen molar-refractivity contribution >= 4 is 11.7 Å². The summed E-state index contributed by atoms with van der Waals surface area (Å²) in [5.41, 5.74) is 0.698. The Morgan fingerprint density at radius 1 is 1.11 bits per heavy atom. The SMILES string of the molecule is O=C(NCc1ccccc1O)Nc1ccccc1F. The number of carbonyl (C=O) groups is 1. The molecule has 3 N–H and O–H groups in total. The minimum absolute atomic E-state index is 0.105. The van der Waals surface area contributed by atoms with E-state index in [1.54, 1.807) is 30.3 Å². The number of halogens is 1. The van der Waals surface area contributed by atoms with E-state index in [9.17, 15) is 14.3 Å². The molecule has 0 aliphatic rings. The number of urea groups is 1. The highest BCUT2D eigenvalue weighted by Crippen LogP contribution is 2.15. The Morgan fingerprint density at radius 2 is 1.79 bits per heavy atom. The van der Waals surface area contributed by atoms with Crippen LogP contribution in [0.25, 0.3) is 0 Å². The molecule has 0 atom stereocenters. The average molecular weight is 260 g/mol. The zero-order valence-corrected chi connectivity index (χ0v) is 10.1. The van der Waals surface area contributed by atoms with Crippen LogP contribution in [0, 0.1) is 5.82 Å². The summed E-state index contributed by atoms with van der Waals surface area (Å²) in [5, 5.41) is 14.5. The van der Waals surface area contributed by atoms with E-state index in [1.807, 2.05) is 0 Å². The van der Waals surface area contributed by atoms with Crippen LogP contribution in [0.4, 0.5) is 14.9 Å². The van der Waals surface area contributed by atoms with Gasteiger partial charge in [0.2, 0.25) is 0 Å². The normalized spacial score (nSPS) is 9.95. The van der Waals surface area contributed by atoms with Gasteiger partial charge in [-0.25, -0.2) is 9.18 Å². The van der Waals surface area contributed by atoms with Crippen molar-refractivity contribution in [3.8, 4) is 5.75 Å². The van der Waals surface area contributed by atoms with Crippen LogP contribution in [0.15, 0.2) is 48.5 Å². The van der Waals surface area contributed by atoms with Gasteiger partial charge in [0.25, 0.3) is 0 Å². The Kier molecular flexibility index (Phi) is 3.97. The Bertz CT molecular complexity index is 587. The Labute approximate surface area is 109 Å². The summed E-state index contributed by atoms with van der Waals surface area (Å²) in [5.74, 6) is -0.395. The smallest absolute Gasteiger partial charge is 0.319 e. The number of benzene rings is 2. The molecule has 0 unspecified atom stereocenters. The summed E-state index contributed by atoms with van der Waals surface area (Å²) in [4.78, 5) is 11.6. The molecular weight excluding hydrogens is 247 g/mol. The molecule has 0 saturated heterocycles. The van der Waals surface area contributed by atoms with E-state index < -0.39 is 11.8 Å². The predicted molar refractivity (Wildman–Crippen MR) is 70.4 cm³/mol. The number of anilines is 1. The van der Waals surface area contributed by atoms with Crippen molar-refractivity contribution in [2.75, 3.05) is 5.32 Å². The summed E-state index contributed by atoms with van der Waals surface area (Å²) in [6.07, 6.45) is 0. The zero-order valence-electron chi connectivity index (χ0n) is 10.1. The second-order valence-corrected chi connectivity index (χ2v) is 3.92. The topological polar surface area (TPSA) is 61.4 Å². The molecule has 2 aromatic carbocycles. The number of hydrogen-bond acceptors (Lipinski definition) is 2. The van der Waals surface area contributed by atoms with Crippen LogP contribution in [0.1, 0.15) is 5.56 Å². The molecule has 2 aromatic rings. The Hall–Kier alpha value is -2.56. The fourth-order valence-electron chi connectivity index (χ4n) is 1.56. The van der Waals surface area contributed by atoms with Gasteiger partial charge in [0.05, 0.1) is 5.69 Å². The third kappa shape index (κ3) is 3.45. The molecule has 0 spiro atoms. The fraction of sp³-hybridized carbons (Fsp3) is 0.0714. The number of phenols is 1. The van der Waals surface area contributed by atoms with Crippen molar-refractivity contribution in [3.63, 3.8) is 0 Å². The van der Waals surface area contributed by atoms with Crippen molar-refractivity contribution in [2.24, 2.45) is 0 Å². The van der Waals surface area contributed by atoms with Crippen molar-refractivity contribution in [1.82, 2.24) is 5.32 Å². The number of rotatable bonds is 3. The van der Waals surface area contributed by atoms with E-state index in [1.165, 1.54) is 18.2 Å². The number of nitrogens with one attached hydrogen (secondary N) is 2. The molecule has 19 heavy (non-hydrogen) atoms. The van der Waals surface area contributed by atoms with Gasteiger partial charge in [-0.1, -0.05) is 30.3 Å². The van der Waals surface area contributed by atoms with Crippen LogP contribution in [-0.2, 0) is 6.54 Å². The largest absolute Gasteiger partial charge is 0.508 e. The standard InChI is InChI=1S/C14H13FN2O2/c15-11-6-2-3-7-12(11)17-14(19)16-9-10-5-1-4-8-13(10)18/h1-8,18H,9H2,(H2,16,17,19). The molecule has 4 nitrogen and oxygen atoms in total. The number of carbonyl (C=O) groups excluding carboxylic acids is 1. The maximum Gasteiger partial charge on any atom is 0.319 e. The molecule has 0 heterocycles. The lowest BCUT2D eigenvalue weighted by molar-refractivity contribution is 0.251. The summed E-state index contributed by atoms with van der Waals surface area (Å²) in [6, 6.07) is 12.0. The molecule has 2 rings (SSSR count). The van der Waals surface area contributed by atoms with E-state index in [-0.39, 0.29) is 18.0 Å². The number of phenolic OH excluding ortho intramolecular Hbond substituents is 1. The van der Waals surface area contributed by atoms with Crippen molar-refractivity contribution in [2.45, 2.75) is 6.54 Å². The molecule has 5 heteroatoms. The molecule has 0 fully saturated rings. The van der Waals surface area contributed by atoms with Gasteiger partial charge in [-0.3, -0.25) is 0 Å². The van der Waals surface area contributed by atoms with Crippen LogP contribution in [-0.4, -0.2) is 11.1 Å². The molecule has 2 amide bonds. The molecule has 0 aliphatic heterocycles. The third-order valence-electron chi connectivity index (χ3n) is 2.55. The van der Waals surface area contributed by atoms with Gasteiger partial charge in [-0.2, -0.15) is 0 Å². The van der Waals surface area contributed by atoms with Gasteiger partial charge in [0.15, 0.2) is 0 Å². The fourth-order valence-corrected chi connectivity index (χ4v) is 1.56. The highest BCUT2D eigenvalue weighted by molar-refractivity contribution is 5.89. The monoisotopic (exact) mass is 260 g/mol. The number of amides is 2. The first kappa shape index (κ1) is 12.9. The number of hydrogen-bond donors (Lipinski definition) is 3. The van der Waals surface area contributed by atoms with Gasteiger partial charge < -0.3 is 15.7 Å². The second kappa shape index (κ2) is 5.86. The molecular formula is C14H13FN2O2. The van der Waals surface area contributed by atoms with Gasteiger partial charge in [0, 0.05) is 12.1 Å². The molecule has 0 aromatic heterocycles. The lowest BCUT2D eigenvalue weighted by Gasteiger charge is -2.09. The minimum Gasteiger partial charge on any atom is -0.508 e. The maximum absolute atomic E-state index is 13.3. The minimum atomic E-state index is -0.534. The zero-order chi connectivity index (χ0) is 13.7. The number of para-hydroxylation sites is 2.